The van der Waals surface area contributed by atoms with Crippen molar-refractivity contribution in [3.63, 3.8) is 0 Å². The van der Waals surface area contributed by atoms with Gasteiger partial charge in [-0.25, -0.2) is 4.98 Å². The Morgan fingerprint density at radius 3 is 2.50 bits per heavy atom. The minimum absolute atomic E-state index is 0.0371. The number of anilines is 1. The molecule has 0 saturated carbocycles. The van der Waals surface area contributed by atoms with Crippen molar-refractivity contribution in [3.8, 4) is 0 Å². The first-order valence-electron chi connectivity index (χ1n) is 5.86. The van der Waals surface area contributed by atoms with Crippen LogP contribution in [0.25, 0.3) is 0 Å². The van der Waals surface area contributed by atoms with Gasteiger partial charge in [-0.3, -0.25) is 0 Å². The van der Waals surface area contributed by atoms with Gasteiger partial charge in [0.2, 0.25) is 5.13 Å². The SMILES string of the molecule is CCCc1nsc(NC(CC)(CC)CCl)n1. The molecule has 5 heteroatoms. The highest BCUT2D eigenvalue weighted by Crippen LogP contribution is 2.24. The van der Waals surface area contributed by atoms with Gasteiger partial charge in [0.15, 0.2) is 0 Å². The molecule has 0 fully saturated rings. The van der Waals surface area contributed by atoms with Crippen LogP contribution in [0.1, 0.15) is 45.9 Å². The van der Waals surface area contributed by atoms with Crippen LogP contribution in [0.2, 0.25) is 0 Å². The lowest BCUT2D eigenvalue weighted by Gasteiger charge is -2.30. The summed E-state index contributed by atoms with van der Waals surface area (Å²) in [4.78, 5) is 4.47. The van der Waals surface area contributed by atoms with Gasteiger partial charge in [-0.05, 0) is 19.3 Å². The van der Waals surface area contributed by atoms with Gasteiger partial charge in [-0.15, -0.1) is 11.6 Å². The van der Waals surface area contributed by atoms with Gasteiger partial charge in [-0.1, -0.05) is 20.8 Å². The first-order valence-corrected chi connectivity index (χ1v) is 7.17. The van der Waals surface area contributed by atoms with Crippen molar-refractivity contribution in [3.05, 3.63) is 5.82 Å². The van der Waals surface area contributed by atoms with Crippen LogP contribution in [0.3, 0.4) is 0 Å². The number of hydrogen-bond acceptors (Lipinski definition) is 4. The Morgan fingerprint density at radius 2 is 2.00 bits per heavy atom. The third-order valence-electron chi connectivity index (χ3n) is 2.92. The summed E-state index contributed by atoms with van der Waals surface area (Å²) in [5.41, 5.74) is -0.0371. The Morgan fingerprint density at radius 1 is 1.31 bits per heavy atom. The monoisotopic (exact) mass is 261 g/mol. The highest BCUT2D eigenvalue weighted by Gasteiger charge is 2.25. The second kappa shape index (κ2) is 6.40. The minimum Gasteiger partial charge on any atom is -0.354 e. The molecule has 0 radical (unpaired) electrons. The number of aryl methyl sites for hydroxylation is 1. The fourth-order valence-electron chi connectivity index (χ4n) is 1.51. The fraction of sp³-hybridized carbons (Fsp3) is 0.818. The molecule has 0 unspecified atom stereocenters. The van der Waals surface area contributed by atoms with Crippen LogP contribution in [0.15, 0.2) is 0 Å². The molecule has 0 aliphatic heterocycles. The fourth-order valence-corrected chi connectivity index (χ4v) is 2.68. The molecule has 0 spiro atoms. The van der Waals surface area contributed by atoms with E-state index in [4.69, 9.17) is 11.6 Å². The van der Waals surface area contributed by atoms with Crippen LogP contribution in [-0.2, 0) is 6.42 Å². The first-order chi connectivity index (χ1) is 7.69. The highest BCUT2D eigenvalue weighted by molar-refractivity contribution is 7.09. The van der Waals surface area contributed by atoms with Crippen molar-refractivity contribution >= 4 is 28.3 Å². The maximum Gasteiger partial charge on any atom is 0.203 e. The zero-order valence-electron chi connectivity index (χ0n) is 10.2. The predicted molar refractivity (Wildman–Crippen MR) is 71.6 cm³/mol. The number of aromatic nitrogens is 2. The van der Waals surface area contributed by atoms with Crippen LogP contribution in [0.5, 0.6) is 0 Å². The van der Waals surface area contributed by atoms with E-state index in [1.165, 1.54) is 11.5 Å². The molecule has 0 bridgehead atoms. The van der Waals surface area contributed by atoms with E-state index in [2.05, 4.69) is 35.4 Å². The molecule has 1 aromatic heterocycles. The average Bonchev–Trinajstić information content (AvgIpc) is 2.74. The number of alkyl halides is 1. The number of halogens is 1. The van der Waals surface area contributed by atoms with E-state index >= 15 is 0 Å². The van der Waals surface area contributed by atoms with Gasteiger partial charge in [-0.2, -0.15) is 4.37 Å². The third-order valence-corrected chi connectivity index (χ3v) is 4.10. The molecule has 0 aliphatic carbocycles. The van der Waals surface area contributed by atoms with Crippen molar-refractivity contribution in [2.75, 3.05) is 11.2 Å². The molecule has 0 saturated heterocycles. The van der Waals surface area contributed by atoms with Gasteiger partial charge in [0, 0.05) is 23.8 Å². The van der Waals surface area contributed by atoms with E-state index in [9.17, 15) is 0 Å². The summed E-state index contributed by atoms with van der Waals surface area (Å²) in [6.07, 6.45) is 4.02. The van der Waals surface area contributed by atoms with Crippen LogP contribution in [0.4, 0.5) is 5.13 Å². The molecule has 0 amide bonds. The molecule has 3 nitrogen and oxygen atoms in total. The molecular weight excluding hydrogens is 242 g/mol. The second-order valence-corrected chi connectivity index (χ2v) is 5.03. The van der Waals surface area contributed by atoms with E-state index in [1.807, 2.05) is 0 Å². The Balaban J connectivity index is 2.69. The van der Waals surface area contributed by atoms with E-state index in [0.29, 0.717) is 5.88 Å². The maximum atomic E-state index is 6.04. The van der Waals surface area contributed by atoms with Crippen molar-refractivity contribution in [2.45, 2.75) is 52.0 Å². The number of nitrogens with one attached hydrogen (secondary N) is 1. The standard InChI is InChI=1S/C11H20ClN3S/c1-4-7-9-13-10(16-15-9)14-11(5-2,6-3)8-12/h4-8H2,1-3H3,(H,13,14,15). The normalized spacial score (nSPS) is 11.8. The molecule has 0 aliphatic rings. The van der Waals surface area contributed by atoms with Gasteiger partial charge < -0.3 is 5.32 Å². The van der Waals surface area contributed by atoms with Crippen molar-refractivity contribution in [2.24, 2.45) is 0 Å². The molecule has 0 aromatic carbocycles. The van der Waals surface area contributed by atoms with Crippen molar-refractivity contribution in [1.29, 1.82) is 0 Å². The third kappa shape index (κ3) is 3.32. The molecular formula is C11H20ClN3S. The summed E-state index contributed by atoms with van der Waals surface area (Å²) in [6.45, 7) is 6.43. The van der Waals surface area contributed by atoms with E-state index in [1.54, 1.807) is 0 Å². The molecule has 1 N–H and O–H groups in total. The van der Waals surface area contributed by atoms with Gasteiger partial charge in [0.25, 0.3) is 0 Å². The maximum absolute atomic E-state index is 6.04. The molecule has 16 heavy (non-hydrogen) atoms. The number of hydrogen-bond donors (Lipinski definition) is 1. The summed E-state index contributed by atoms with van der Waals surface area (Å²) in [5, 5.41) is 4.33. The van der Waals surface area contributed by atoms with Gasteiger partial charge >= 0.3 is 0 Å². The molecule has 0 atom stereocenters. The van der Waals surface area contributed by atoms with Crippen LogP contribution < -0.4 is 5.32 Å². The van der Waals surface area contributed by atoms with Crippen LogP contribution in [0, 0.1) is 0 Å². The predicted octanol–water partition coefficient (Wildman–Crippen LogP) is 3.70. The lowest BCUT2D eigenvalue weighted by Crippen LogP contribution is -2.38. The highest BCUT2D eigenvalue weighted by atomic mass is 35.5. The zero-order chi connectivity index (χ0) is 12.0. The Kier molecular flexibility index (Phi) is 5.49. The largest absolute Gasteiger partial charge is 0.354 e. The van der Waals surface area contributed by atoms with E-state index in [-0.39, 0.29) is 5.54 Å². The topological polar surface area (TPSA) is 37.8 Å². The van der Waals surface area contributed by atoms with Crippen molar-refractivity contribution in [1.82, 2.24) is 9.36 Å². The summed E-state index contributed by atoms with van der Waals surface area (Å²) in [5.74, 6) is 1.54. The number of nitrogens with zero attached hydrogens (tertiary/aromatic N) is 2. The molecule has 1 heterocycles. The molecule has 1 rings (SSSR count). The Bertz CT molecular complexity index is 302. The molecule has 92 valence electrons. The van der Waals surface area contributed by atoms with E-state index in [0.717, 1.165) is 36.6 Å². The average molecular weight is 262 g/mol. The first kappa shape index (κ1) is 13.7. The minimum atomic E-state index is -0.0371. The summed E-state index contributed by atoms with van der Waals surface area (Å²) in [6, 6.07) is 0. The second-order valence-electron chi connectivity index (χ2n) is 4.01. The summed E-state index contributed by atoms with van der Waals surface area (Å²) < 4.78 is 4.32. The lowest BCUT2D eigenvalue weighted by atomic mass is 9.96. The van der Waals surface area contributed by atoms with Crippen LogP contribution >= 0.6 is 23.1 Å². The summed E-state index contributed by atoms with van der Waals surface area (Å²) >= 11 is 7.47. The Hall–Kier alpha value is -0.350. The summed E-state index contributed by atoms with van der Waals surface area (Å²) in [7, 11) is 0. The zero-order valence-corrected chi connectivity index (χ0v) is 11.8. The van der Waals surface area contributed by atoms with E-state index < -0.39 is 0 Å². The van der Waals surface area contributed by atoms with Crippen molar-refractivity contribution < 1.29 is 0 Å². The van der Waals surface area contributed by atoms with Gasteiger partial charge in [0.05, 0.1) is 5.54 Å². The van der Waals surface area contributed by atoms with Crippen LogP contribution in [-0.4, -0.2) is 20.8 Å². The van der Waals surface area contributed by atoms with Gasteiger partial charge in [0.1, 0.15) is 5.82 Å². The lowest BCUT2D eigenvalue weighted by molar-refractivity contribution is 0.484. The Labute approximate surface area is 107 Å². The smallest absolute Gasteiger partial charge is 0.203 e. The molecule has 1 aromatic rings. The number of rotatable bonds is 7. The quantitative estimate of drug-likeness (QED) is 0.761.